The Morgan fingerprint density at radius 2 is 2.00 bits per heavy atom. The summed E-state index contributed by atoms with van der Waals surface area (Å²) in [6.45, 7) is 1.54. The van der Waals surface area contributed by atoms with E-state index < -0.39 is 15.1 Å². The smallest absolute Gasteiger partial charge is 0.310 e. The van der Waals surface area contributed by atoms with E-state index in [1.165, 1.54) is 12.3 Å². The minimum atomic E-state index is -9.75. The van der Waals surface area contributed by atoms with Crippen LogP contribution in [-0.2, 0) is 11.3 Å². The van der Waals surface area contributed by atoms with Crippen LogP contribution in [0.5, 0.6) is 0 Å². The molecular weight excluding hydrogens is 419 g/mol. The first-order valence-corrected chi connectivity index (χ1v) is 10.6. The Balaban J connectivity index is 1.54. The number of ether oxygens (including phenoxy) is 1. The Morgan fingerprint density at radius 1 is 1.24 bits per heavy atom. The predicted octanol–water partition coefficient (Wildman–Crippen LogP) is 4.54. The normalized spacial score (nSPS) is 20.2. The van der Waals surface area contributed by atoms with Gasteiger partial charge in [-0.2, -0.15) is 4.98 Å². The minimum absolute atomic E-state index is 0.00632. The highest BCUT2D eigenvalue weighted by molar-refractivity contribution is 8.45. The summed E-state index contributed by atoms with van der Waals surface area (Å²) in [5.74, 6) is 0.485. The van der Waals surface area contributed by atoms with E-state index in [4.69, 9.17) is 4.74 Å². The Hall–Kier alpha value is -2.47. The van der Waals surface area contributed by atoms with Gasteiger partial charge < -0.3 is 15.0 Å². The molecule has 2 fully saturated rings. The van der Waals surface area contributed by atoms with Crippen LogP contribution in [0.4, 0.5) is 31.2 Å². The van der Waals surface area contributed by atoms with Crippen LogP contribution in [0, 0.1) is 0 Å². The van der Waals surface area contributed by atoms with Gasteiger partial charge in [0, 0.05) is 19.3 Å². The highest BCUT2D eigenvalue weighted by Gasteiger charge is 2.65. The highest BCUT2D eigenvalue weighted by atomic mass is 32.5. The summed E-state index contributed by atoms with van der Waals surface area (Å²) in [5, 5.41) is 2.73. The summed E-state index contributed by atoms with van der Waals surface area (Å²) in [5.41, 5.74) is 0.0943. The molecule has 1 aromatic heterocycles. The molecule has 0 bridgehead atoms. The van der Waals surface area contributed by atoms with Crippen molar-refractivity contribution in [3.05, 3.63) is 41.6 Å². The number of hydrogen-bond acceptors (Lipinski definition) is 6. The number of anilines is 2. The molecule has 2 aliphatic heterocycles. The lowest BCUT2D eigenvalue weighted by molar-refractivity contribution is -0.0851. The van der Waals surface area contributed by atoms with Crippen molar-refractivity contribution in [3.8, 4) is 0 Å². The van der Waals surface area contributed by atoms with E-state index in [-0.39, 0.29) is 29.2 Å². The first kappa shape index (κ1) is 19.8. The number of nitrogens with zero attached hydrogens (tertiary/aromatic N) is 3. The molecule has 4 rings (SSSR count). The Kier molecular flexibility index (Phi) is 3.96. The molecule has 1 N–H and O–H groups in total. The zero-order valence-corrected chi connectivity index (χ0v) is 15.8. The zero-order chi connectivity index (χ0) is 21.0. The van der Waals surface area contributed by atoms with Crippen LogP contribution in [0.2, 0.25) is 0 Å². The van der Waals surface area contributed by atoms with E-state index in [1.54, 1.807) is 0 Å². The van der Waals surface area contributed by atoms with Crippen molar-refractivity contribution in [1.29, 1.82) is 0 Å². The molecule has 0 amide bonds. The molecule has 1 spiro atoms. The molecule has 0 aliphatic carbocycles. The molecule has 0 unspecified atom stereocenters. The van der Waals surface area contributed by atoms with E-state index >= 15 is 0 Å². The molecule has 29 heavy (non-hydrogen) atoms. The Labute approximate surface area is 162 Å². The van der Waals surface area contributed by atoms with Crippen molar-refractivity contribution in [2.75, 3.05) is 30.0 Å². The van der Waals surface area contributed by atoms with Crippen LogP contribution in [0.1, 0.15) is 22.3 Å². The molecule has 2 saturated heterocycles. The summed E-state index contributed by atoms with van der Waals surface area (Å²) in [6, 6.07) is 2.97. The summed E-state index contributed by atoms with van der Waals surface area (Å²) in [4.78, 5) is 19.6. The average molecular weight is 436 g/mol. The zero-order valence-electron chi connectivity index (χ0n) is 15.0. The fraction of sp³-hybridized carbons (Fsp3) is 0.353. The number of aldehydes is 1. The first-order chi connectivity index (χ1) is 13.4. The van der Waals surface area contributed by atoms with Gasteiger partial charge in [0.15, 0.2) is 6.29 Å². The molecule has 0 radical (unpaired) electrons. The third-order valence-corrected chi connectivity index (χ3v) is 6.23. The number of carbonyl (C=O) groups excluding carboxylic acids is 1. The van der Waals surface area contributed by atoms with Gasteiger partial charge in [0.05, 0.1) is 24.3 Å². The molecule has 3 heterocycles. The standard InChI is InChI=1S/C17H17F5N4O2S/c18-29(19,20,21,22)14-3-1-2-12(6-14)7-23-16-24-8-13(9-27)15(25-16)26-5-4-17(26)10-28-11-17/h1-3,6,8-9H,4-5,7,10-11H2,(H,23,24,25). The molecule has 158 valence electrons. The van der Waals surface area contributed by atoms with Crippen molar-refractivity contribution in [2.45, 2.75) is 23.4 Å². The number of rotatable bonds is 6. The second kappa shape index (κ2) is 5.79. The van der Waals surface area contributed by atoms with Crippen LogP contribution in [-0.4, -0.2) is 41.6 Å². The van der Waals surface area contributed by atoms with E-state index in [1.807, 2.05) is 4.90 Å². The summed E-state index contributed by atoms with van der Waals surface area (Å²) in [6.07, 6.45) is 2.84. The summed E-state index contributed by atoms with van der Waals surface area (Å²) < 4.78 is 70.2. The van der Waals surface area contributed by atoms with Crippen LogP contribution >= 0.6 is 10.2 Å². The number of nitrogens with one attached hydrogen (secondary N) is 1. The topological polar surface area (TPSA) is 67.4 Å². The lowest BCUT2D eigenvalue weighted by atomic mass is 9.82. The van der Waals surface area contributed by atoms with Crippen molar-refractivity contribution < 1.29 is 29.0 Å². The van der Waals surface area contributed by atoms with E-state index in [2.05, 4.69) is 15.3 Å². The number of aromatic nitrogens is 2. The van der Waals surface area contributed by atoms with Gasteiger partial charge in [-0.25, -0.2) is 4.98 Å². The van der Waals surface area contributed by atoms with Gasteiger partial charge in [0.2, 0.25) is 5.95 Å². The van der Waals surface area contributed by atoms with Crippen LogP contribution in [0.25, 0.3) is 0 Å². The van der Waals surface area contributed by atoms with E-state index in [9.17, 15) is 24.2 Å². The quantitative estimate of drug-likeness (QED) is 0.530. The molecule has 1 aromatic carbocycles. The molecule has 2 aromatic rings. The largest absolute Gasteiger partial charge is 0.376 e. The summed E-state index contributed by atoms with van der Waals surface area (Å²) >= 11 is 0. The van der Waals surface area contributed by atoms with Gasteiger partial charge in [-0.05, 0) is 24.1 Å². The predicted molar refractivity (Wildman–Crippen MR) is 98.1 cm³/mol. The lowest BCUT2D eigenvalue weighted by Crippen LogP contribution is -2.71. The van der Waals surface area contributed by atoms with Gasteiger partial charge in [-0.3, -0.25) is 4.79 Å². The van der Waals surface area contributed by atoms with E-state index in [0.29, 0.717) is 44.0 Å². The van der Waals surface area contributed by atoms with Crippen molar-refractivity contribution in [1.82, 2.24) is 9.97 Å². The average Bonchev–Trinajstić information content (AvgIpc) is 2.56. The maximum atomic E-state index is 13.0. The Bertz CT molecular complexity index is 977. The molecule has 0 atom stereocenters. The van der Waals surface area contributed by atoms with Gasteiger partial charge >= 0.3 is 10.2 Å². The minimum Gasteiger partial charge on any atom is -0.376 e. The second-order valence-corrected chi connectivity index (χ2v) is 9.59. The number of halogens is 5. The molecule has 6 nitrogen and oxygen atoms in total. The van der Waals surface area contributed by atoms with Gasteiger partial charge in [-0.15, -0.1) is 0 Å². The fourth-order valence-corrected chi connectivity index (χ4v) is 4.06. The second-order valence-electron chi connectivity index (χ2n) is 7.18. The van der Waals surface area contributed by atoms with E-state index in [0.717, 1.165) is 12.5 Å². The highest BCUT2D eigenvalue weighted by Crippen LogP contribution is 3.02. The first-order valence-electron chi connectivity index (χ1n) is 8.65. The SMILES string of the molecule is O=Cc1cnc(NCc2cccc(S(F)(F)(F)(F)F)c2)nc1N1CCC12COC2. The third kappa shape index (κ3) is 3.73. The molecule has 12 heteroatoms. The van der Waals surface area contributed by atoms with Crippen LogP contribution in [0.15, 0.2) is 35.4 Å². The summed E-state index contributed by atoms with van der Waals surface area (Å²) in [7, 11) is -9.75. The van der Waals surface area contributed by atoms with Crippen molar-refractivity contribution in [2.24, 2.45) is 0 Å². The Morgan fingerprint density at radius 3 is 2.55 bits per heavy atom. The maximum absolute atomic E-state index is 13.0. The van der Waals surface area contributed by atoms with Crippen LogP contribution < -0.4 is 10.2 Å². The monoisotopic (exact) mass is 436 g/mol. The van der Waals surface area contributed by atoms with Crippen molar-refractivity contribution in [3.63, 3.8) is 0 Å². The van der Waals surface area contributed by atoms with Gasteiger partial charge in [0.25, 0.3) is 0 Å². The molecular formula is C17H17F5N4O2S. The lowest BCUT2D eigenvalue weighted by Gasteiger charge is -2.58. The molecule has 0 saturated carbocycles. The number of benzene rings is 1. The number of hydrogen-bond donors (Lipinski definition) is 1. The van der Waals surface area contributed by atoms with Gasteiger partial charge in [-0.1, -0.05) is 31.6 Å². The van der Waals surface area contributed by atoms with Gasteiger partial charge in [0.1, 0.15) is 10.7 Å². The fourth-order valence-electron chi connectivity index (χ4n) is 3.35. The van der Waals surface area contributed by atoms with Crippen LogP contribution in [0.3, 0.4) is 0 Å². The number of carbonyl (C=O) groups is 1. The third-order valence-electron chi connectivity index (χ3n) is 5.09. The maximum Gasteiger partial charge on any atom is 0.310 e. The molecule has 2 aliphatic rings. The van der Waals surface area contributed by atoms with Crippen molar-refractivity contribution >= 4 is 28.3 Å².